The first-order valence-corrected chi connectivity index (χ1v) is 11.1. The number of piperazine rings is 1. The van der Waals surface area contributed by atoms with Crippen LogP contribution in [-0.4, -0.2) is 59.5 Å². The van der Waals surface area contributed by atoms with Gasteiger partial charge in [-0.05, 0) is 62.7 Å². The van der Waals surface area contributed by atoms with Crippen LogP contribution in [0, 0.1) is 0 Å². The van der Waals surface area contributed by atoms with Crippen LogP contribution in [0.1, 0.15) is 52.6 Å². The van der Waals surface area contributed by atoms with E-state index in [4.69, 9.17) is 4.74 Å². The zero-order chi connectivity index (χ0) is 25.8. The number of carbonyl (C=O) groups is 3. The van der Waals surface area contributed by atoms with E-state index in [1.807, 2.05) is 0 Å². The number of rotatable bonds is 4. The van der Waals surface area contributed by atoms with E-state index in [1.54, 1.807) is 49.9 Å². The van der Waals surface area contributed by atoms with Gasteiger partial charge in [-0.3, -0.25) is 9.59 Å². The number of alkyl carbamates (subject to hydrolysis) is 1. The first kappa shape index (κ1) is 26.1. The van der Waals surface area contributed by atoms with Gasteiger partial charge in [-0.1, -0.05) is 12.1 Å². The number of benzene rings is 2. The van der Waals surface area contributed by atoms with Gasteiger partial charge < -0.3 is 19.9 Å². The molecule has 0 atom stereocenters. The molecule has 3 amide bonds. The number of nitrogens with one attached hydrogen (secondary N) is 1. The molecule has 0 aliphatic carbocycles. The highest BCUT2D eigenvalue weighted by atomic mass is 19.4. The number of alkyl halides is 3. The summed E-state index contributed by atoms with van der Waals surface area (Å²) in [6, 6.07) is 11.0. The molecule has 0 spiro atoms. The highest BCUT2D eigenvalue weighted by molar-refractivity contribution is 5.96. The summed E-state index contributed by atoms with van der Waals surface area (Å²) >= 11 is 0. The molecular weight excluding hydrogens is 463 g/mol. The topological polar surface area (TPSA) is 79.0 Å². The predicted molar refractivity (Wildman–Crippen MR) is 123 cm³/mol. The zero-order valence-electron chi connectivity index (χ0n) is 19.8. The molecule has 0 saturated carbocycles. The Kier molecular flexibility index (Phi) is 7.72. The van der Waals surface area contributed by atoms with E-state index >= 15 is 0 Å². The van der Waals surface area contributed by atoms with Gasteiger partial charge in [0, 0.05) is 43.9 Å². The molecule has 35 heavy (non-hydrogen) atoms. The number of carbonyl (C=O) groups excluding carboxylic acids is 3. The van der Waals surface area contributed by atoms with Crippen LogP contribution < -0.4 is 5.32 Å². The predicted octanol–water partition coefficient (Wildman–Crippen LogP) is 4.33. The third-order valence-electron chi connectivity index (χ3n) is 5.35. The molecule has 3 rings (SSSR count). The van der Waals surface area contributed by atoms with Crippen molar-refractivity contribution in [1.82, 2.24) is 15.1 Å². The Hall–Kier alpha value is -3.56. The van der Waals surface area contributed by atoms with Crippen LogP contribution in [0.4, 0.5) is 18.0 Å². The van der Waals surface area contributed by atoms with E-state index in [-0.39, 0.29) is 37.0 Å². The number of hydrogen-bond acceptors (Lipinski definition) is 4. The molecule has 0 unspecified atom stereocenters. The number of nitrogens with zero attached hydrogens (tertiary/aromatic N) is 2. The minimum Gasteiger partial charge on any atom is -0.444 e. The summed E-state index contributed by atoms with van der Waals surface area (Å²) < 4.78 is 43.4. The summed E-state index contributed by atoms with van der Waals surface area (Å²) in [5, 5.41) is 2.66. The van der Waals surface area contributed by atoms with E-state index in [2.05, 4.69) is 5.32 Å². The Morgan fingerprint density at radius 2 is 1.23 bits per heavy atom. The highest BCUT2D eigenvalue weighted by Gasteiger charge is 2.31. The van der Waals surface area contributed by atoms with Gasteiger partial charge in [0.15, 0.2) is 0 Å². The number of amides is 3. The molecule has 0 aromatic heterocycles. The first-order chi connectivity index (χ1) is 16.3. The Morgan fingerprint density at radius 1 is 0.800 bits per heavy atom. The molecule has 1 saturated heterocycles. The second-order valence-corrected chi connectivity index (χ2v) is 9.21. The zero-order valence-corrected chi connectivity index (χ0v) is 19.8. The Morgan fingerprint density at radius 3 is 1.63 bits per heavy atom. The quantitative estimate of drug-likeness (QED) is 0.691. The fourth-order valence-electron chi connectivity index (χ4n) is 3.53. The van der Waals surface area contributed by atoms with E-state index in [9.17, 15) is 27.6 Å². The van der Waals surface area contributed by atoms with Gasteiger partial charge in [-0.2, -0.15) is 13.2 Å². The fraction of sp³-hybridized carbons (Fsp3) is 0.400. The number of halogens is 3. The Balaban J connectivity index is 1.50. The molecule has 188 valence electrons. The summed E-state index contributed by atoms with van der Waals surface area (Å²) in [5.74, 6) is -0.550. The van der Waals surface area contributed by atoms with Gasteiger partial charge in [0.25, 0.3) is 11.8 Å². The van der Waals surface area contributed by atoms with Crippen molar-refractivity contribution in [1.29, 1.82) is 0 Å². The van der Waals surface area contributed by atoms with Crippen molar-refractivity contribution in [3.63, 3.8) is 0 Å². The number of hydrogen-bond donors (Lipinski definition) is 1. The van der Waals surface area contributed by atoms with E-state index in [0.717, 1.165) is 17.7 Å². The second-order valence-electron chi connectivity index (χ2n) is 9.21. The van der Waals surface area contributed by atoms with Crippen molar-refractivity contribution in [2.24, 2.45) is 0 Å². The molecule has 1 N–H and O–H groups in total. The summed E-state index contributed by atoms with van der Waals surface area (Å²) in [6.07, 6.45) is -4.98. The molecular formula is C25H28F3N3O4. The van der Waals surface area contributed by atoms with Crippen LogP contribution >= 0.6 is 0 Å². The molecule has 2 aromatic rings. The van der Waals surface area contributed by atoms with Crippen molar-refractivity contribution in [3.05, 3.63) is 70.8 Å². The summed E-state index contributed by atoms with van der Waals surface area (Å²) in [5.41, 5.74) is 0.0598. The molecule has 0 radical (unpaired) electrons. The third-order valence-corrected chi connectivity index (χ3v) is 5.35. The van der Waals surface area contributed by atoms with Gasteiger partial charge in [-0.25, -0.2) is 4.79 Å². The normalized spacial score (nSPS) is 14.5. The average molecular weight is 492 g/mol. The maximum absolute atomic E-state index is 12.8. The molecule has 0 bridgehead atoms. The average Bonchev–Trinajstić information content (AvgIpc) is 2.81. The lowest BCUT2D eigenvalue weighted by molar-refractivity contribution is -0.137. The minimum atomic E-state index is -4.46. The van der Waals surface area contributed by atoms with Crippen molar-refractivity contribution in [2.75, 3.05) is 26.2 Å². The van der Waals surface area contributed by atoms with E-state index in [1.165, 1.54) is 17.0 Å². The van der Waals surface area contributed by atoms with Crippen molar-refractivity contribution in [3.8, 4) is 0 Å². The molecule has 10 heteroatoms. The van der Waals surface area contributed by atoms with E-state index in [0.29, 0.717) is 18.7 Å². The smallest absolute Gasteiger partial charge is 0.416 e. The van der Waals surface area contributed by atoms with Gasteiger partial charge in [-0.15, -0.1) is 0 Å². The van der Waals surface area contributed by atoms with Crippen molar-refractivity contribution in [2.45, 2.75) is 39.1 Å². The third kappa shape index (κ3) is 7.21. The van der Waals surface area contributed by atoms with Crippen LogP contribution in [0.3, 0.4) is 0 Å². The van der Waals surface area contributed by atoms with Gasteiger partial charge in [0.2, 0.25) is 0 Å². The molecule has 1 heterocycles. The van der Waals surface area contributed by atoms with Crippen LogP contribution in [-0.2, 0) is 17.5 Å². The standard InChI is InChI=1S/C25H28F3N3O4/c1-24(2,3)35-23(34)29-16-17-4-6-18(7-5-17)21(32)30-12-14-31(15-13-30)22(33)19-8-10-20(11-9-19)25(26,27)28/h4-11H,12-16H2,1-3H3,(H,29,34). The molecule has 7 nitrogen and oxygen atoms in total. The second kappa shape index (κ2) is 10.4. The molecule has 1 aliphatic heterocycles. The van der Waals surface area contributed by atoms with Crippen LogP contribution in [0.25, 0.3) is 0 Å². The maximum Gasteiger partial charge on any atom is 0.416 e. The van der Waals surface area contributed by atoms with Gasteiger partial charge in [0.05, 0.1) is 5.56 Å². The fourth-order valence-corrected chi connectivity index (χ4v) is 3.53. The lowest BCUT2D eigenvalue weighted by atomic mass is 10.1. The van der Waals surface area contributed by atoms with E-state index < -0.39 is 23.4 Å². The first-order valence-electron chi connectivity index (χ1n) is 11.1. The molecule has 1 aliphatic rings. The summed E-state index contributed by atoms with van der Waals surface area (Å²) in [4.78, 5) is 40.4. The van der Waals surface area contributed by atoms with Crippen molar-refractivity contribution >= 4 is 17.9 Å². The molecule has 2 aromatic carbocycles. The van der Waals surface area contributed by atoms with Gasteiger partial charge in [0.1, 0.15) is 5.60 Å². The lowest BCUT2D eigenvalue weighted by Crippen LogP contribution is -2.50. The molecule has 1 fully saturated rings. The Labute approximate surface area is 201 Å². The van der Waals surface area contributed by atoms with Crippen LogP contribution in [0.2, 0.25) is 0 Å². The van der Waals surface area contributed by atoms with Crippen molar-refractivity contribution < 1.29 is 32.3 Å². The largest absolute Gasteiger partial charge is 0.444 e. The lowest BCUT2D eigenvalue weighted by Gasteiger charge is -2.35. The summed E-state index contributed by atoms with van der Waals surface area (Å²) in [6.45, 7) is 6.77. The monoisotopic (exact) mass is 491 g/mol. The van der Waals surface area contributed by atoms with Gasteiger partial charge >= 0.3 is 12.3 Å². The minimum absolute atomic E-state index is 0.174. The van der Waals surface area contributed by atoms with Crippen LogP contribution in [0.5, 0.6) is 0 Å². The summed E-state index contributed by atoms with van der Waals surface area (Å²) in [7, 11) is 0. The maximum atomic E-state index is 12.8. The highest BCUT2D eigenvalue weighted by Crippen LogP contribution is 2.29. The number of ether oxygens (including phenoxy) is 1. The van der Waals surface area contributed by atoms with Crippen LogP contribution in [0.15, 0.2) is 48.5 Å². The Bertz CT molecular complexity index is 1050. The SMILES string of the molecule is CC(C)(C)OC(=O)NCc1ccc(C(=O)N2CCN(C(=O)c3ccc(C(F)(F)F)cc3)CC2)cc1.